The number of nitrogens with one attached hydrogen (secondary N) is 1. The van der Waals surface area contributed by atoms with E-state index in [1.165, 1.54) is 12.1 Å². The Balaban J connectivity index is 2.22. The van der Waals surface area contributed by atoms with Gasteiger partial charge < -0.3 is 10.4 Å². The normalized spacial score (nSPS) is 10.2. The Morgan fingerprint density at radius 2 is 2.00 bits per heavy atom. The van der Waals surface area contributed by atoms with Crippen LogP contribution >= 0.6 is 15.9 Å². The average Bonchev–Trinajstić information content (AvgIpc) is 2.37. The van der Waals surface area contributed by atoms with E-state index in [0.29, 0.717) is 11.3 Å². The molecule has 0 aromatic heterocycles. The highest BCUT2D eigenvalue weighted by Gasteiger charge is 2.10. The summed E-state index contributed by atoms with van der Waals surface area (Å²) in [6.45, 7) is 0.226. The second kappa shape index (κ2) is 5.84. The molecule has 0 unspecified atom stereocenters. The number of hydrogen-bond acceptors (Lipinski definition) is 2. The summed E-state index contributed by atoms with van der Waals surface area (Å²) in [5, 5.41) is 12.0. The smallest absolute Gasteiger partial charge is 0.337 e. The van der Waals surface area contributed by atoms with Gasteiger partial charge in [0.1, 0.15) is 5.82 Å². The molecule has 0 radical (unpaired) electrons. The lowest BCUT2D eigenvalue weighted by molar-refractivity contribution is 0.0698. The van der Waals surface area contributed by atoms with E-state index in [-0.39, 0.29) is 17.9 Å². The van der Waals surface area contributed by atoms with Gasteiger partial charge in [0.15, 0.2) is 0 Å². The van der Waals surface area contributed by atoms with Crippen molar-refractivity contribution in [2.45, 2.75) is 6.54 Å². The molecule has 2 rings (SSSR count). The third-order valence-corrected chi connectivity index (χ3v) is 3.13. The summed E-state index contributed by atoms with van der Waals surface area (Å²) < 4.78 is 14.2. The Hall–Kier alpha value is -1.88. The number of anilines is 1. The largest absolute Gasteiger partial charge is 0.478 e. The molecule has 2 aromatic carbocycles. The van der Waals surface area contributed by atoms with E-state index in [1.807, 2.05) is 0 Å². The highest BCUT2D eigenvalue weighted by Crippen LogP contribution is 2.22. The molecule has 2 N–H and O–H groups in total. The van der Waals surface area contributed by atoms with E-state index in [2.05, 4.69) is 21.2 Å². The number of rotatable bonds is 4. The Kier molecular flexibility index (Phi) is 4.16. The fraction of sp³-hybridized carbons (Fsp3) is 0.0714. The van der Waals surface area contributed by atoms with E-state index in [0.717, 1.165) is 4.47 Å². The van der Waals surface area contributed by atoms with Crippen molar-refractivity contribution in [1.82, 2.24) is 0 Å². The molecule has 0 bridgehead atoms. The molecule has 98 valence electrons. The SMILES string of the molecule is O=C(O)c1ccc(Br)cc1NCc1ccccc1F. The number of carbonyl (C=O) groups is 1. The quantitative estimate of drug-likeness (QED) is 0.897. The van der Waals surface area contributed by atoms with Gasteiger partial charge in [-0.25, -0.2) is 9.18 Å². The lowest BCUT2D eigenvalue weighted by Gasteiger charge is -2.10. The molecule has 2 aromatic rings. The fourth-order valence-corrected chi connectivity index (χ4v) is 2.04. The third kappa shape index (κ3) is 3.32. The molecule has 0 aliphatic heterocycles. The molecule has 0 amide bonds. The first-order valence-corrected chi connectivity index (χ1v) is 6.37. The van der Waals surface area contributed by atoms with Crippen molar-refractivity contribution in [1.29, 1.82) is 0 Å². The maximum atomic E-state index is 13.5. The van der Waals surface area contributed by atoms with Crippen LogP contribution in [0.5, 0.6) is 0 Å². The summed E-state index contributed by atoms with van der Waals surface area (Å²) in [4.78, 5) is 11.1. The van der Waals surface area contributed by atoms with Gasteiger partial charge in [-0.05, 0) is 24.3 Å². The molecule has 0 heterocycles. The van der Waals surface area contributed by atoms with Crippen LogP contribution in [0.15, 0.2) is 46.9 Å². The van der Waals surface area contributed by atoms with Gasteiger partial charge in [0.25, 0.3) is 0 Å². The highest BCUT2D eigenvalue weighted by molar-refractivity contribution is 9.10. The predicted octanol–water partition coefficient (Wildman–Crippen LogP) is 3.90. The van der Waals surface area contributed by atoms with Crippen molar-refractivity contribution in [2.75, 3.05) is 5.32 Å². The lowest BCUT2D eigenvalue weighted by atomic mass is 10.1. The second-order valence-electron chi connectivity index (χ2n) is 3.94. The monoisotopic (exact) mass is 323 g/mol. The standard InChI is InChI=1S/C14H11BrFNO2/c15-10-5-6-11(14(18)19)13(7-10)17-8-9-3-1-2-4-12(9)16/h1-7,17H,8H2,(H,18,19). The molecule has 0 fully saturated rings. The van der Waals surface area contributed by atoms with Gasteiger partial charge in [-0.3, -0.25) is 0 Å². The van der Waals surface area contributed by atoms with Gasteiger partial charge in [-0.15, -0.1) is 0 Å². The van der Waals surface area contributed by atoms with Crippen LogP contribution in [0.4, 0.5) is 10.1 Å². The Labute approximate surface area is 118 Å². The van der Waals surface area contributed by atoms with Crippen molar-refractivity contribution in [3.05, 3.63) is 63.9 Å². The van der Waals surface area contributed by atoms with Crippen molar-refractivity contribution in [2.24, 2.45) is 0 Å². The molecule has 0 spiro atoms. The summed E-state index contributed by atoms with van der Waals surface area (Å²) in [5.41, 5.74) is 1.09. The van der Waals surface area contributed by atoms with Gasteiger partial charge in [0.05, 0.1) is 11.3 Å². The predicted molar refractivity (Wildman–Crippen MR) is 74.8 cm³/mol. The van der Waals surface area contributed by atoms with Crippen LogP contribution in [0, 0.1) is 5.82 Å². The van der Waals surface area contributed by atoms with Crippen molar-refractivity contribution < 1.29 is 14.3 Å². The fourth-order valence-electron chi connectivity index (χ4n) is 1.68. The van der Waals surface area contributed by atoms with Gasteiger partial charge in [-0.1, -0.05) is 34.1 Å². The molecule has 0 aliphatic rings. The van der Waals surface area contributed by atoms with E-state index < -0.39 is 5.97 Å². The van der Waals surface area contributed by atoms with E-state index in [4.69, 9.17) is 5.11 Å². The summed E-state index contributed by atoms with van der Waals surface area (Å²) in [6, 6.07) is 11.2. The topological polar surface area (TPSA) is 49.3 Å². The Morgan fingerprint density at radius 1 is 1.26 bits per heavy atom. The highest BCUT2D eigenvalue weighted by atomic mass is 79.9. The summed E-state index contributed by atoms with van der Waals surface area (Å²) in [5.74, 6) is -1.34. The summed E-state index contributed by atoms with van der Waals surface area (Å²) in [6.07, 6.45) is 0. The number of carboxylic acid groups (broad SMARTS) is 1. The van der Waals surface area contributed by atoms with E-state index >= 15 is 0 Å². The van der Waals surface area contributed by atoms with Gasteiger partial charge in [0.2, 0.25) is 0 Å². The van der Waals surface area contributed by atoms with Crippen LogP contribution in [0.2, 0.25) is 0 Å². The molecule has 3 nitrogen and oxygen atoms in total. The maximum Gasteiger partial charge on any atom is 0.337 e. The van der Waals surface area contributed by atoms with Crippen molar-refractivity contribution in [3.63, 3.8) is 0 Å². The van der Waals surface area contributed by atoms with Crippen molar-refractivity contribution >= 4 is 27.6 Å². The Morgan fingerprint density at radius 3 is 2.68 bits per heavy atom. The molecule has 5 heteroatoms. The zero-order chi connectivity index (χ0) is 13.8. The minimum absolute atomic E-state index is 0.152. The molecule has 0 aliphatic carbocycles. The van der Waals surface area contributed by atoms with Crippen LogP contribution in [0.3, 0.4) is 0 Å². The third-order valence-electron chi connectivity index (χ3n) is 2.64. The molecular weight excluding hydrogens is 313 g/mol. The second-order valence-corrected chi connectivity index (χ2v) is 4.86. The van der Waals surface area contributed by atoms with Crippen LogP contribution in [-0.2, 0) is 6.54 Å². The Bertz CT molecular complexity index is 616. The first-order valence-electron chi connectivity index (χ1n) is 5.58. The molecule has 0 saturated heterocycles. The van der Waals surface area contributed by atoms with E-state index in [1.54, 1.807) is 30.3 Å². The van der Waals surface area contributed by atoms with Crippen LogP contribution in [0.1, 0.15) is 15.9 Å². The number of carboxylic acids is 1. The summed E-state index contributed by atoms with van der Waals surface area (Å²) >= 11 is 3.28. The molecular formula is C14H11BrFNO2. The first kappa shape index (κ1) is 13.5. The number of hydrogen-bond donors (Lipinski definition) is 2. The zero-order valence-electron chi connectivity index (χ0n) is 9.86. The van der Waals surface area contributed by atoms with Gasteiger partial charge in [-0.2, -0.15) is 0 Å². The first-order chi connectivity index (χ1) is 9.08. The molecule has 19 heavy (non-hydrogen) atoms. The maximum absolute atomic E-state index is 13.5. The minimum Gasteiger partial charge on any atom is -0.478 e. The summed E-state index contributed by atoms with van der Waals surface area (Å²) in [7, 11) is 0. The number of benzene rings is 2. The lowest BCUT2D eigenvalue weighted by Crippen LogP contribution is -2.07. The number of aromatic carboxylic acids is 1. The zero-order valence-corrected chi connectivity index (χ0v) is 11.4. The van der Waals surface area contributed by atoms with Crippen LogP contribution in [0.25, 0.3) is 0 Å². The van der Waals surface area contributed by atoms with Crippen molar-refractivity contribution in [3.8, 4) is 0 Å². The van der Waals surface area contributed by atoms with Gasteiger partial charge in [0, 0.05) is 16.6 Å². The average molecular weight is 324 g/mol. The van der Waals surface area contributed by atoms with Crippen LogP contribution < -0.4 is 5.32 Å². The van der Waals surface area contributed by atoms with E-state index in [9.17, 15) is 9.18 Å². The molecule has 0 saturated carbocycles. The van der Waals surface area contributed by atoms with Gasteiger partial charge >= 0.3 is 5.97 Å². The molecule has 0 atom stereocenters. The number of halogens is 2. The van der Waals surface area contributed by atoms with Crippen LogP contribution in [-0.4, -0.2) is 11.1 Å². The minimum atomic E-state index is -1.02.